The van der Waals surface area contributed by atoms with Gasteiger partial charge < -0.3 is 10.4 Å². The van der Waals surface area contributed by atoms with E-state index in [1.54, 1.807) is 19.2 Å². The Hall–Kier alpha value is -2.09. The summed E-state index contributed by atoms with van der Waals surface area (Å²) >= 11 is 0. The van der Waals surface area contributed by atoms with E-state index in [9.17, 15) is 4.79 Å². The van der Waals surface area contributed by atoms with Gasteiger partial charge in [0.25, 0.3) is 0 Å². The summed E-state index contributed by atoms with van der Waals surface area (Å²) < 4.78 is 0. The molecule has 0 spiro atoms. The minimum Gasteiger partial charge on any atom is -0.481 e. The quantitative estimate of drug-likeness (QED) is 0.768. The molecule has 15 heavy (non-hydrogen) atoms. The fraction of sp³-hybridized carbons (Fsp3) is 0.300. The first-order valence-electron chi connectivity index (χ1n) is 4.46. The third-order valence-electron chi connectivity index (χ3n) is 1.96. The van der Waals surface area contributed by atoms with Gasteiger partial charge in [-0.15, -0.1) is 0 Å². The van der Waals surface area contributed by atoms with Crippen molar-refractivity contribution in [3.63, 3.8) is 0 Å². The van der Waals surface area contributed by atoms with E-state index in [0.29, 0.717) is 11.3 Å². The molecule has 0 aliphatic rings. The number of carbonyl (C=O) groups is 1. The maximum atomic E-state index is 10.6. The van der Waals surface area contributed by atoms with Crippen LogP contribution in [0.15, 0.2) is 18.5 Å². The van der Waals surface area contributed by atoms with Crippen molar-refractivity contribution in [1.82, 2.24) is 4.98 Å². The van der Waals surface area contributed by atoms with Crippen molar-refractivity contribution < 1.29 is 9.90 Å². The topological polar surface area (TPSA) is 86.0 Å². The normalized spacial score (nSPS) is 11.5. The molecule has 1 heterocycles. The lowest BCUT2D eigenvalue weighted by atomic mass is 10.1. The van der Waals surface area contributed by atoms with Crippen LogP contribution in [0.25, 0.3) is 0 Å². The summed E-state index contributed by atoms with van der Waals surface area (Å²) in [5.41, 5.74) is 1.02. The van der Waals surface area contributed by atoms with E-state index in [1.807, 2.05) is 6.07 Å². The standard InChI is InChI=1S/C10H11N3O2/c1-7(10(14)15)5-13-9-2-3-12-6-8(9)4-11/h2-3,6-7H,5H2,1H3,(H,12,13)(H,14,15). The van der Waals surface area contributed by atoms with Gasteiger partial charge >= 0.3 is 5.97 Å². The van der Waals surface area contributed by atoms with E-state index in [0.717, 1.165) is 0 Å². The Kier molecular flexibility index (Phi) is 3.63. The third-order valence-corrected chi connectivity index (χ3v) is 1.96. The molecule has 0 aliphatic heterocycles. The molecule has 5 nitrogen and oxygen atoms in total. The molecule has 0 bridgehead atoms. The molecule has 1 atom stereocenters. The van der Waals surface area contributed by atoms with Crippen LogP contribution in [0.3, 0.4) is 0 Å². The van der Waals surface area contributed by atoms with Crippen LogP contribution in [0.1, 0.15) is 12.5 Å². The smallest absolute Gasteiger partial charge is 0.308 e. The summed E-state index contributed by atoms with van der Waals surface area (Å²) in [6.07, 6.45) is 2.99. The van der Waals surface area contributed by atoms with Crippen LogP contribution in [-0.2, 0) is 4.79 Å². The van der Waals surface area contributed by atoms with E-state index >= 15 is 0 Å². The van der Waals surface area contributed by atoms with E-state index < -0.39 is 11.9 Å². The number of pyridine rings is 1. The molecule has 1 rings (SSSR count). The Balaban J connectivity index is 2.66. The second-order valence-corrected chi connectivity index (χ2v) is 3.15. The highest BCUT2D eigenvalue weighted by molar-refractivity contribution is 5.70. The minimum atomic E-state index is -0.866. The number of aromatic nitrogens is 1. The number of hydrogen-bond donors (Lipinski definition) is 2. The molecule has 0 saturated carbocycles. The zero-order valence-corrected chi connectivity index (χ0v) is 8.27. The van der Waals surface area contributed by atoms with Gasteiger partial charge in [-0.2, -0.15) is 5.26 Å². The molecular formula is C10H11N3O2. The van der Waals surface area contributed by atoms with Crippen molar-refractivity contribution in [2.45, 2.75) is 6.92 Å². The average Bonchev–Trinajstić information content (AvgIpc) is 2.26. The first-order valence-corrected chi connectivity index (χ1v) is 4.46. The summed E-state index contributed by atoms with van der Waals surface area (Å²) in [4.78, 5) is 14.4. The van der Waals surface area contributed by atoms with Crippen molar-refractivity contribution in [2.75, 3.05) is 11.9 Å². The highest BCUT2D eigenvalue weighted by Gasteiger charge is 2.10. The maximum absolute atomic E-state index is 10.6. The van der Waals surface area contributed by atoms with Crippen LogP contribution in [0, 0.1) is 17.2 Å². The first-order chi connectivity index (χ1) is 7.15. The van der Waals surface area contributed by atoms with Crippen molar-refractivity contribution in [1.29, 1.82) is 5.26 Å². The number of rotatable bonds is 4. The number of carboxylic acid groups (broad SMARTS) is 1. The monoisotopic (exact) mass is 205 g/mol. The molecule has 0 aliphatic carbocycles. The molecule has 0 radical (unpaired) electrons. The maximum Gasteiger partial charge on any atom is 0.308 e. The number of carboxylic acids is 1. The Morgan fingerprint density at radius 3 is 3.13 bits per heavy atom. The lowest BCUT2D eigenvalue weighted by Gasteiger charge is -2.10. The van der Waals surface area contributed by atoms with Crippen LogP contribution < -0.4 is 5.32 Å². The fourth-order valence-corrected chi connectivity index (χ4v) is 0.988. The largest absolute Gasteiger partial charge is 0.481 e. The minimum absolute atomic E-state index is 0.286. The van der Waals surface area contributed by atoms with E-state index in [-0.39, 0.29) is 6.54 Å². The second-order valence-electron chi connectivity index (χ2n) is 3.15. The molecular weight excluding hydrogens is 194 g/mol. The summed E-state index contributed by atoms with van der Waals surface area (Å²) in [5, 5.41) is 20.3. The summed E-state index contributed by atoms with van der Waals surface area (Å²) in [7, 11) is 0. The molecule has 2 N–H and O–H groups in total. The number of aliphatic carboxylic acids is 1. The lowest BCUT2D eigenvalue weighted by Crippen LogP contribution is -2.19. The van der Waals surface area contributed by atoms with Gasteiger partial charge in [0.2, 0.25) is 0 Å². The van der Waals surface area contributed by atoms with Crippen LogP contribution in [-0.4, -0.2) is 22.6 Å². The van der Waals surface area contributed by atoms with Gasteiger partial charge in [0.1, 0.15) is 6.07 Å². The Bertz CT molecular complexity index is 398. The van der Waals surface area contributed by atoms with Crippen molar-refractivity contribution in [3.05, 3.63) is 24.0 Å². The zero-order chi connectivity index (χ0) is 11.3. The van der Waals surface area contributed by atoms with Gasteiger partial charge in [-0.3, -0.25) is 9.78 Å². The van der Waals surface area contributed by atoms with Gasteiger partial charge in [-0.05, 0) is 6.07 Å². The van der Waals surface area contributed by atoms with E-state index in [1.165, 1.54) is 6.20 Å². The first kappa shape index (κ1) is 11.0. The van der Waals surface area contributed by atoms with Gasteiger partial charge in [-0.25, -0.2) is 0 Å². The van der Waals surface area contributed by atoms with Crippen LogP contribution >= 0.6 is 0 Å². The number of hydrogen-bond acceptors (Lipinski definition) is 4. The van der Waals surface area contributed by atoms with Crippen LogP contribution in [0.5, 0.6) is 0 Å². The molecule has 0 fully saturated rings. The third kappa shape index (κ3) is 2.95. The van der Waals surface area contributed by atoms with E-state index in [2.05, 4.69) is 10.3 Å². The average molecular weight is 205 g/mol. The van der Waals surface area contributed by atoms with Crippen molar-refractivity contribution in [2.24, 2.45) is 5.92 Å². The second kappa shape index (κ2) is 4.96. The molecule has 1 aromatic heterocycles. The SMILES string of the molecule is CC(CNc1ccncc1C#N)C(=O)O. The van der Waals surface area contributed by atoms with Crippen LogP contribution in [0.4, 0.5) is 5.69 Å². The fourth-order valence-electron chi connectivity index (χ4n) is 0.988. The van der Waals surface area contributed by atoms with Gasteiger partial charge in [-0.1, -0.05) is 6.92 Å². The Morgan fingerprint density at radius 1 is 1.80 bits per heavy atom. The lowest BCUT2D eigenvalue weighted by molar-refractivity contribution is -0.140. The van der Waals surface area contributed by atoms with Crippen molar-refractivity contribution in [3.8, 4) is 6.07 Å². The molecule has 0 amide bonds. The molecule has 0 aromatic carbocycles. The summed E-state index contributed by atoms with van der Waals surface area (Å²) in [6, 6.07) is 3.62. The molecule has 1 unspecified atom stereocenters. The highest BCUT2D eigenvalue weighted by Crippen LogP contribution is 2.12. The van der Waals surface area contributed by atoms with Gasteiger partial charge in [0.15, 0.2) is 0 Å². The summed E-state index contributed by atoms with van der Waals surface area (Å²) in [6.45, 7) is 1.89. The van der Waals surface area contributed by atoms with Gasteiger partial charge in [0.05, 0.1) is 17.2 Å². The number of anilines is 1. The van der Waals surface area contributed by atoms with Crippen molar-refractivity contribution >= 4 is 11.7 Å². The van der Waals surface area contributed by atoms with Crippen LogP contribution in [0.2, 0.25) is 0 Å². The molecule has 0 saturated heterocycles. The number of nitrogens with zero attached hydrogens (tertiary/aromatic N) is 2. The zero-order valence-electron chi connectivity index (χ0n) is 8.27. The predicted octanol–water partition coefficient (Wildman–Crippen LogP) is 1.09. The number of nitrogens with one attached hydrogen (secondary N) is 1. The van der Waals surface area contributed by atoms with Gasteiger partial charge in [0, 0.05) is 18.9 Å². The molecule has 5 heteroatoms. The molecule has 1 aromatic rings. The number of nitriles is 1. The molecule has 78 valence electrons. The van der Waals surface area contributed by atoms with E-state index in [4.69, 9.17) is 10.4 Å². The Morgan fingerprint density at radius 2 is 2.53 bits per heavy atom. The predicted molar refractivity (Wildman–Crippen MR) is 54.2 cm³/mol. The summed E-state index contributed by atoms with van der Waals surface area (Å²) in [5.74, 6) is -1.36. The highest BCUT2D eigenvalue weighted by atomic mass is 16.4. The Labute approximate surface area is 87.4 Å².